The van der Waals surface area contributed by atoms with Crippen LogP contribution in [0, 0.1) is 0 Å². The maximum absolute atomic E-state index is 12.2. The molecule has 0 saturated carbocycles. The molecule has 70 valence electrons. The molecule has 1 aliphatic rings. The second kappa shape index (κ2) is 3.52. The topological polar surface area (TPSA) is 12.0 Å². The minimum atomic E-state index is -1.49. The number of rotatable bonds is 2. The quantitative estimate of drug-likeness (QED) is 0.680. The van der Waals surface area contributed by atoms with Crippen LogP contribution >= 0.6 is 0 Å². The molecular formula is C9H15F2N. The van der Waals surface area contributed by atoms with E-state index in [1.165, 1.54) is 0 Å². The Hall–Kier alpha value is -0.440. The van der Waals surface area contributed by atoms with Crippen molar-refractivity contribution < 1.29 is 8.78 Å². The summed E-state index contributed by atoms with van der Waals surface area (Å²) >= 11 is 0. The first kappa shape index (κ1) is 9.65. The van der Waals surface area contributed by atoms with Gasteiger partial charge in [0.05, 0.1) is 0 Å². The van der Waals surface area contributed by atoms with Gasteiger partial charge in [-0.3, -0.25) is 0 Å². The Morgan fingerprint density at radius 3 is 2.25 bits per heavy atom. The standard InChI is InChI=1S/C9H15F2N/c1-3-9(4-2)5-7(6-12-9)8(10)11/h12H,3-6H2,1-2H3. The highest BCUT2D eigenvalue weighted by molar-refractivity contribution is 5.17. The summed E-state index contributed by atoms with van der Waals surface area (Å²) in [4.78, 5) is 0. The first-order valence-corrected chi connectivity index (χ1v) is 4.41. The number of nitrogens with one attached hydrogen (secondary N) is 1. The molecule has 1 saturated heterocycles. The van der Waals surface area contributed by atoms with Gasteiger partial charge in [-0.2, -0.15) is 8.78 Å². The van der Waals surface area contributed by atoms with Crippen molar-refractivity contribution in [3.8, 4) is 0 Å². The molecule has 1 fully saturated rings. The summed E-state index contributed by atoms with van der Waals surface area (Å²) in [6.45, 7) is 4.44. The predicted molar refractivity (Wildman–Crippen MR) is 45.2 cm³/mol. The smallest absolute Gasteiger partial charge is 0.270 e. The van der Waals surface area contributed by atoms with Gasteiger partial charge in [0.2, 0.25) is 0 Å². The van der Waals surface area contributed by atoms with E-state index in [4.69, 9.17) is 0 Å². The molecule has 1 heterocycles. The van der Waals surface area contributed by atoms with E-state index in [1.54, 1.807) is 0 Å². The molecule has 1 aliphatic heterocycles. The normalized spacial score (nSPS) is 21.5. The molecule has 1 nitrogen and oxygen atoms in total. The zero-order valence-corrected chi connectivity index (χ0v) is 7.58. The maximum Gasteiger partial charge on any atom is 0.270 e. The molecule has 0 aromatic rings. The van der Waals surface area contributed by atoms with Gasteiger partial charge in [-0.15, -0.1) is 0 Å². The average Bonchev–Trinajstić information content (AvgIpc) is 2.49. The molecule has 0 aromatic heterocycles. The summed E-state index contributed by atoms with van der Waals surface area (Å²) in [5.41, 5.74) is 0.234. The van der Waals surface area contributed by atoms with E-state index < -0.39 is 6.08 Å². The van der Waals surface area contributed by atoms with E-state index in [2.05, 4.69) is 5.32 Å². The van der Waals surface area contributed by atoms with Crippen LogP contribution in [0.5, 0.6) is 0 Å². The van der Waals surface area contributed by atoms with Crippen molar-refractivity contribution in [1.29, 1.82) is 0 Å². The van der Waals surface area contributed by atoms with Crippen LogP contribution in [0.4, 0.5) is 8.78 Å². The van der Waals surface area contributed by atoms with Crippen LogP contribution in [0.1, 0.15) is 33.1 Å². The van der Waals surface area contributed by atoms with Crippen LogP contribution in [0.25, 0.3) is 0 Å². The van der Waals surface area contributed by atoms with Gasteiger partial charge in [-0.05, 0) is 19.3 Å². The monoisotopic (exact) mass is 175 g/mol. The Kier molecular flexibility index (Phi) is 2.83. The molecule has 0 aromatic carbocycles. The Morgan fingerprint density at radius 2 is 2.00 bits per heavy atom. The van der Waals surface area contributed by atoms with E-state index in [0.29, 0.717) is 18.5 Å². The van der Waals surface area contributed by atoms with Crippen molar-refractivity contribution in [3.05, 3.63) is 11.7 Å². The molecule has 3 heteroatoms. The van der Waals surface area contributed by atoms with Crippen LogP contribution in [0.3, 0.4) is 0 Å². The fraction of sp³-hybridized carbons (Fsp3) is 0.778. The molecule has 0 radical (unpaired) electrons. The lowest BCUT2D eigenvalue weighted by atomic mass is 9.90. The number of hydrogen-bond donors (Lipinski definition) is 1. The molecule has 0 unspecified atom stereocenters. The van der Waals surface area contributed by atoms with Crippen LogP contribution in [0.15, 0.2) is 11.7 Å². The van der Waals surface area contributed by atoms with Crippen LogP contribution in [0.2, 0.25) is 0 Å². The van der Waals surface area contributed by atoms with E-state index in [1.807, 2.05) is 13.8 Å². The molecule has 12 heavy (non-hydrogen) atoms. The predicted octanol–water partition coefficient (Wildman–Crippen LogP) is 2.69. The van der Waals surface area contributed by atoms with Crippen molar-refractivity contribution in [3.63, 3.8) is 0 Å². The third-order valence-electron chi connectivity index (χ3n) is 2.85. The van der Waals surface area contributed by atoms with Crippen molar-refractivity contribution in [2.24, 2.45) is 0 Å². The largest absolute Gasteiger partial charge is 0.307 e. The summed E-state index contributed by atoms with van der Waals surface area (Å²) in [5, 5.41) is 3.16. The van der Waals surface area contributed by atoms with Crippen molar-refractivity contribution >= 4 is 0 Å². The summed E-state index contributed by atoms with van der Waals surface area (Å²) < 4.78 is 24.4. The van der Waals surface area contributed by atoms with E-state index in [0.717, 1.165) is 12.8 Å². The minimum Gasteiger partial charge on any atom is -0.307 e. The van der Waals surface area contributed by atoms with Gasteiger partial charge in [0.1, 0.15) is 0 Å². The third kappa shape index (κ3) is 1.66. The van der Waals surface area contributed by atoms with E-state index in [9.17, 15) is 8.78 Å². The summed E-state index contributed by atoms with van der Waals surface area (Å²) in [6.07, 6.45) is 0.856. The molecule has 1 rings (SSSR count). The van der Waals surface area contributed by atoms with Gasteiger partial charge in [-0.1, -0.05) is 13.8 Å². The zero-order valence-electron chi connectivity index (χ0n) is 7.58. The van der Waals surface area contributed by atoms with Crippen molar-refractivity contribution in [1.82, 2.24) is 5.32 Å². The Bertz CT molecular complexity index is 191. The van der Waals surface area contributed by atoms with Crippen molar-refractivity contribution in [2.75, 3.05) is 6.54 Å². The first-order chi connectivity index (χ1) is 5.63. The maximum atomic E-state index is 12.2. The molecule has 0 aliphatic carbocycles. The van der Waals surface area contributed by atoms with Crippen LogP contribution in [-0.2, 0) is 0 Å². The highest BCUT2D eigenvalue weighted by Crippen LogP contribution is 2.31. The van der Waals surface area contributed by atoms with Crippen LogP contribution in [-0.4, -0.2) is 12.1 Å². The second-order valence-electron chi connectivity index (χ2n) is 3.38. The second-order valence-corrected chi connectivity index (χ2v) is 3.38. The molecule has 0 bridgehead atoms. The molecule has 1 N–H and O–H groups in total. The van der Waals surface area contributed by atoms with Gasteiger partial charge < -0.3 is 5.32 Å². The minimum absolute atomic E-state index is 0.0568. The number of halogens is 2. The zero-order chi connectivity index (χ0) is 9.19. The fourth-order valence-electron chi connectivity index (χ4n) is 1.71. The molecule has 0 amide bonds. The molecular weight excluding hydrogens is 160 g/mol. The van der Waals surface area contributed by atoms with E-state index in [-0.39, 0.29) is 5.54 Å². The van der Waals surface area contributed by atoms with Gasteiger partial charge in [0.15, 0.2) is 0 Å². The van der Waals surface area contributed by atoms with Gasteiger partial charge in [0.25, 0.3) is 6.08 Å². The SMILES string of the molecule is CCC1(CC)CC(=C(F)F)CN1. The highest BCUT2D eigenvalue weighted by atomic mass is 19.3. The van der Waals surface area contributed by atoms with Gasteiger partial charge >= 0.3 is 0 Å². The summed E-state index contributed by atoms with van der Waals surface area (Å²) in [5.74, 6) is 0. The van der Waals surface area contributed by atoms with Crippen molar-refractivity contribution in [2.45, 2.75) is 38.6 Å². The Balaban J connectivity index is 2.72. The Labute approximate surface area is 71.8 Å². The first-order valence-electron chi connectivity index (χ1n) is 4.41. The lowest BCUT2D eigenvalue weighted by Gasteiger charge is -2.25. The van der Waals surface area contributed by atoms with Gasteiger partial charge in [0, 0.05) is 17.7 Å². The lowest BCUT2D eigenvalue weighted by Crippen LogP contribution is -2.37. The fourth-order valence-corrected chi connectivity index (χ4v) is 1.71. The third-order valence-corrected chi connectivity index (χ3v) is 2.85. The Morgan fingerprint density at radius 1 is 1.42 bits per heavy atom. The number of hydrogen-bond acceptors (Lipinski definition) is 1. The summed E-state index contributed by atoms with van der Waals surface area (Å²) in [6, 6.07) is 0. The lowest BCUT2D eigenvalue weighted by molar-refractivity contribution is 0.350. The van der Waals surface area contributed by atoms with Gasteiger partial charge in [-0.25, -0.2) is 0 Å². The highest BCUT2D eigenvalue weighted by Gasteiger charge is 2.34. The average molecular weight is 175 g/mol. The summed E-state index contributed by atoms with van der Waals surface area (Å²) in [7, 11) is 0. The molecule has 0 spiro atoms. The van der Waals surface area contributed by atoms with Crippen LogP contribution < -0.4 is 5.32 Å². The van der Waals surface area contributed by atoms with E-state index >= 15 is 0 Å². The molecule has 0 atom stereocenters.